The van der Waals surface area contributed by atoms with E-state index < -0.39 is 0 Å². The van der Waals surface area contributed by atoms with Gasteiger partial charge in [-0.2, -0.15) is 0 Å². The molecule has 3 fully saturated rings. The molecule has 3 aromatic heterocycles. The van der Waals surface area contributed by atoms with Crippen molar-refractivity contribution in [3.63, 3.8) is 0 Å². The van der Waals surface area contributed by atoms with Crippen LogP contribution in [0.5, 0.6) is 11.6 Å². The quantitative estimate of drug-likeness (QED) is 0.453. The number of methoxy groups -OCH3 is 1. The Morgan fingerprint density at radius 1 is 1.10 bits per heavy atom. The number of nitrogens with zero attached hydrogens (tertiary/aromatic N) is 6. The number of thiophene rings is 1. The summed E-state index contributed by atoms with van der Waals surface area (Å²) >= 11 is 1.71. The van der Waals surface area contributed by atoms with Gasteiger partial charge in [-0.05, 0) is 58.3 Å². The Morgan fingerprint density at radius 2 is 1.90 bits per heavy atom. The lowest BCUT2D eigenvalue weighted by Gasteiger charge is -2.39. The van der Waals surface area contributed by atoms with Crippen molar-refractivity contribution in [2.45, 2.75) is 51.2 Å². The van der Waals surface area contributed by atoms with E-state index in [0.29, 0.717) is 31.2 Å². The SMILES string of the molecule is COc1ncc(-c2nc(N3CCOCC3)nc3c(CN4CCC(N5CCCC5CO)CC4)c(C)sc23)cc1O. The molecule has 0 aromatic carbocycles. The van der Waals surface area contributed by atoms with Crippen molar-refractivity contribution in [1.29, 1.82) is 0 Å². The summed E-state index contributed by atoms with van der Waals surface area (Å²) < 4.78 is 11.8. The maximum absolute atomic E-state index is 10.5. The minimum Gasteiger partial charge on any atom is -0.503 e. The zero-order valence-electron chi connectivity index (χ0n) is 22.8. The number of hydrogen-bond donors (Lipinski definition) is 2. The fourth-order valence-electron chi connectivity index (χ4n) is 6.30. The smallest absolute Gasteiger partial charge is 0.256 e. The minimum atomic E-state index is -0.00695. The number of ether oxygens (including phenoxy) is 2. The number of aryl methyl sites for hydroxylation is 1. The number of pyridine rings is 1. The lowest BCUT2D eigenvalue weighted by atomic mass is 10.0. The number of fused-ring (bicyclic) bond motifs is 1. The van der Waals surface area contributed by atoms with Gasteiger partial charge in [-0.3, -0.25) is 9.80 Å². The monoisotopic (exact) mass is 554 g/mol. The molecule has 210 valence electrons. The van der Waals surface area contributed by atoms with Gasteiger partial charge in [0.2, 0.25) is 5.95 Å². The summed E-state index contributed by atoms with van der Waals surface area (Å²) in [4.78, 5) is 23.0. The molecule has 11 heteroatoms. The number of rotatable bonds is 7. The number of likely N-dealkylation sites (tertiary alicyclic amines) is 2. The van der Waals surface area contributed by atoms with Gasteiger partial charge in [0.1, 0.15) is 0 Å². The van der Waals surface area contributed by atoms with Gasteiger partial charge in [0.25, 0.3) is 5.88 Å². The zero-order valence-corrected chi connectivity index (χ0v) is 23.6. The highest BCUT2D eigenvalue weighted by Crippen LogP contribution is 2.40. The Bertz CT molecular complexity index is 1300. The molecule has 6 rings (SSSR count). The van der Waals surface area contributed by atoms with Crippen molar-refractivity contribution in [2.24, 2.45) is 0 Å². The van der Waals surface area contributed by atoms with Crippen molar-refractivity contribution in [3.8, 4) is 22.9 Å². The number of piperidine rings is 1. The highest BCUT2D eigenvalue weighted by Gasteiger charge is 2.33. The van der Waals surface area contributed by atoms with E-state index in [1.54, 1.807) is 23.6 Å². The van der Waals surface area contributed by atoms with E-state index in [0.717, 1.165) is 80.0 Å². The van der Waals surface area contributed by atoms with Crippen molar-refractivity contribution >= 4 is 27.5 Å². The average molecular weight is 555 g/mol. The van der Waals surface area contributed by atoms with Crippen LogP contribution in [-0.4, -0.2) is 107 Å². The summed E-state index contributed by atoms with van der Waals surface area (Å²) in [6.07, 6.45) is 6.29. The van der Waals surface area contributed by atoms with Crippen LogP contribution in [0.4, 0.5) is 5.95 Å². The van der Waals surface area contributed by atoms with Crippen LogP contribution < -0.4 is 9.64 Å². The van der Waals surface area contributed by atoms with Crippen molar-refractivity contribution in [1.82, 2.24) is 24.8 Å². The lowest BCUT2D eigenvalue weighted by Crippen LogP contribution is -2.47. The number of aliphatic hydroxyl groups is 1. The van der Waals surface area contributed by atoms with E-state index in [-0.39, 0.29) is 18.2 Å². The first-order chi connectivity index (χ1) is 19.1. The summed E-state index contributed by atoms with van der Waals surface area (Å²) in [5, 5.41) is 20.3. The summed E-state index contributed by atoms with van der Waals surface area (Å²) in [5.41, 5.74) is 3.77. The van der Waals surface area contributed by atoms with Crippen molar-refractivity contribution in [3.05, 3.63) is 22.7 Å². The van der Waals surface area contributed by atoms with Crippen LogP contribution in [0.1, 0.15) is 36.1 Å². The lowest BCUT2D eigenvalue weighted by molar-refractivity contribution is 0.0709. The van der Waals surface area contributed by atoms with Crippen LogP contribution in [0.2, 0.25) is 0 Å². The molecule has 3 aliphatic heterocycles. The molecule has 6 heterocycles. The predicted octanol–water partition coefficient (Wildman–Crippen LogP) is 3.03. The van der Waals surface area contributed by atoms with Crippen molar-refractivity contribution in [2.75, 3.05) is 64.6 Å². The standard InChI is InChI=1S/C28H38N6O4S/c1-18-22(16-32-8-5-20(6-9-32)34-7-3-4-21(34)17-35)25-26(39-18)24(19-14-23(36)27(37-2)29-15-19)30-28(31-25)33-10-12-38-13-11-33/h14-15,20-21,35-36H,3-13,16-17H2,1-2H3. The Hall–Kier alpha value is -2.57. The normalized spacial score (nSPS) is 21.7. The van der Waals surface area contributed by atoms with Crippen LogP contribution >= 0.6 is 11.3 Å². The molecule has 0 aliphatic carbocycles. The first kappa shape index (κ1) is 26.6. The highest BCUT2D eigenvalue weighted by molar-refractivity contribution is 7.19. The maximum Gasteiger partial charge on any atom is 0.256 e. The molecular weight excluding hydrogens is 516 g/mol. The summed E-state index contributed by atoms with van der Waals surface area (Å²) in [5.74, 6) is 0.883. The van der Waals surface area contributed by atoms with Crippen molar-refractivity contribution < 1.29 is 19.7 Å². The minimum absolute atomic E-state index is 0.00695. The third-order valence-corrected chi connectivity index (χ3v) is 9.60. The molecule has 0 radical (unpaired) electrons. The maximum atomic E-state index is 10.5. The first-order valence-corrected chi connectivity index (χ1v) is 14.8. The molecule has 10 nitrogen and oxygen atoms in total. The van der Waals surface area contributed by atoms with E-state index in [9.17, 15) is 10.2 Å². The zero-order chi connectivity index (χ0) is 26.9. The molecule has 39 heavy (non-hydrogen) atoms. The van der Waals surface area contributed by atoms with Crippen LogP contribution in [0.3, 0.4) is 0 Å². The summed E-state index contributed by atoms with van der Waals surface area (Å²) in [7, 11) is 1.50. The molecule has 1 atom stereocenters. The van der Waals surface area contributed by atoms with Crippen LogP contribution in [0.15, 0.2) is 12.3 Å². The van der Waals surface area contributed by atoms with Gasteiger partial charge >= 0.3 is 0 Å². The third kappa shape index (κ3) is 5.30. The average Bonchev–Trinajstić information content (AvgIpc) is 3.57. The van der Waals surface area contributed by atoms with Gasteiger partial charge in [0.05, 0.1) is 42.8 Å². The Labute approximate surface area is 233 Å². The molecule has 3 aliphatic rings. The fourth-order valence-corrected chi connectivity index (χ4v) is 7.42. The second-order valence-corrected chi connectivity index (χ2v) is 12.0. The molecule has 0 amide bonds. The molecule has 0 bridgehead atoms. The summed E-state index contributed by atoms with van der Waals surface area (Å²) in [6, 6.07) is 2.58. The molecular formula is C28H38N6O4S. The second-order valence-electron chi connectivity index (χ2n) is 10.8. The number of aromatic nitrogens is 3. The van der Waals surface area contributed by atoms with Gasteiger partial charge in [-0.15, -0.1) is 11.3 Å². The van der Waals surface area contributed by atoms with E-state index in [1.165, 1.54) is 24.0 Å². The molecule has 3 saturated heterocycles. The van der Waals surface area contributed by atoms with Crippen LogP contribution in [0.25, 0.3) is 21.5 Å². The molecule has 0 spiro atoms. The van der Waals surface area contributed by atoms with E-state index in [4.69, 9.17) is 19.4 Å². The molecule has 2 N–H and O–H groups in total. The van der Waals surface area contributed by atoms with Gasteiger partial charge in [-0.1, -0.05) is 0 Å². The molecule has 3 aromatic rings. The largest absolute Gasteiger partial charge is 0.503 e. The number of hydrogen-bond acceptors (Lipinski definition) is 11. The number of aliphatic hydroxyl groups excluding tert-OH is 1. The Balaban J connectivity index is 1.31. The first-order valence-electron chi connectivity index (χ1n) is 14.0. The van der Waals surface area contributed by atoms with E-state index in [1.807, 2.05) is 0 Å². The van der Waals surface area contributed by atoms with Crippen LogP contribution in [-0.2, 0) is 11.3 Å². The van der Waals surface area contributed by atoms with Crippen LogP contribution in [0, 0.1) is 6.92 Å². The number of anilines is 1. The van der Waals surface area contributed by atoms with Gasteiger partial charge in [0, 0.05) is 53.9 Å². The molecule has 0 saturated carbocycles. The van der Waals surface area contributed by atoms with Gasteiger partial charge < -0.3 is 24.6 Å². The fraction of sp³-hybridized carbons (Fsp3) is 0.607. The number of morpholine rings is 1. The highest BCUT2D eigenvalue weighted by atomic mass is 32.1. The topological polar surface area (TPSA) is 107 Å². The van der Waals surface area contributed by atoms with Gasteiger partial charge in [0.15, 0.2) is 5.75 Å². The third-order valence-electron chi connectivity index (χ3n) is 8.45. The number of aromatic hydroxyl groups is 1. The molecule has 1 unspecified atom stereocenters. The van der Waals surface area contributed by atoms with E-state index in [2.05, 4.69) is 26.6 Å². The Morgan fingerprint density at radius 3 is 2.62 bits per heavy atom. The second kappa shape index (κ2) is 11.5. The van der Waals surface area contributed by atoms with Gasteiger partial charge in [-0.25, -0.2) is 15.0 Å². The predicted molar refractivity (Wildman–Crippen MR) is 152 cm³/mol. The summed E-state index contributed by atoms with van der Waals surface area (Å²) in [6.45, 7) is 9.29. The Kier molecular flexibility index (Phi) is 7.86. The van der Waals surface area contributed by atoms with E-state index >= 15 is 0 Å².